The third-order valence-electron chi connectivity index (χ3n) is 7.86. The Labute approximate surface area is 223 Å². The molecule has 2 aromatic carbocycles. The first kappa shape index (κ1) is 28.2. The van der Waals surface area contributed by atoms with Crippen molar-refractivity contribution in [3.8, 4) is 5.75 Å². The van der Waals surface area contributed by atoms with Crippen LogP contribution in [0.2, 0.25) is 0 Å². The topological polar surface area (TPSA) is 36.0 Å². The Hall–Kier alpha value is -2.84. The molecule has 1 amide bonds. The summed E-state index contributed by atoms with van der Waals surface area (Å²) in [6, 6.07) is 8.87. The second-order valence-corrected chi connectivity index (χ2v) is 10.2. The Morgan fingerprint density at radius 3 is 2.29 bits per heavy atom. The van der Waals surface area contributed by atoms with Crippen molar-refractivity contribution in [1.29, 1.82) is 0 Å². The van der Waals surface area contributed by atoms with E-state index in [0.29, 0.717) is 32.8 Å². The molecule has 4 rings (SSSR count). The second-order valence-electron chi connectivity index (χ2n) is 10.2. The van der Waals surface area contributed by atoms with Gasteiger partial charge in [-0.3, -0.25) is 14.6 Å². The zero-order valence-corrected chi connectivity index (χ0v) is 22.6. The summed E-state index contributed by atoms with van der Waals surface area (Å²) in [5.74, 6) is 0.709. The van der Waals surface area contributed by atoms with Crippen molar-refractivity contribution in [3.05, 3.63) is 76.4 Å². The van der Waals surface area contributed by atoms with E-state index in [-0.39, 0.29) is 17.5 Å². The predicted octanol–water partition coefficient (Wildman–Crippen LogP) is 5.87. The van der Waals surface area contributed by atoms with Crippen molar-refractivity contribution in [1.82, 2.24) is 14.7 Å². The SMILES string of the molecule is Cc1c(OCCCN2CC=CCC2)ccc(C(C)N2CCN(C(=O)c3ccc(C(F)(F)F)cc3)CC2)c1C. The number of alkyl halides is 3. The van der Waals surface area contributed by atoms with Crippen LogP contribution in [-0.2, 0) is 6.18 Å². The molecule has 5 nitrogen and oxygen atoms in total. The molecule has 206 valence electrons. The Balaban J connectivity index is 1.29. The van der Waals surface area contributed by atoms with Gasteiger partial charge in [0.2, 0.25) is 0 Å². The maximum Gasteiger partial charge on any atom is 0.416 e. The van der Waals surface area contributed by atoms with E-state index >= 15 is 0 Å². The molecule has 1 unspecified atom stereocenters. The smallest absolute Gasteiger partial charge is 0.416 e. The molecule has 0 N–H and O–H groups in total. The first-order valence-electron chi connectivity index (χ1n) is 13.5. The molecule has 2 heterocycles. The molecule has 0 aromatic heterocycles. The molecule has 2 aromatic rings. The number of hydrogen-bond acceptors (Lipinski definition) is 4. The van der Waals surface area contributed by atoms with Crippen molar-refractivity contribution in [2.24, 2.45) is 0 Å². The van der Waals surface area contributed by atoms with Gasteiger partial charge in [0.15, 0.2) is 0 Å². The fourth-order valence-electron chi connectivity index (χ4n) is 5.28. The van der Waals surface area contributed by atoms with Gasteiger partial charge in [0.1, 0.15) is 5.75 Å². The van der Waals surface area contributed by atoms with Crippen LogP contribution in [-0.4, -0.2) is 73.0 Å². The van der Waals surface area contributed by atoms with Crippen LogP contribution in [0.25, 0.3) is 0 Å². The third kappa shape index (κ3) is 6.77. The molecule has 0 spiro atoms. The Morgan fingerprint density at radius 2 is 1.66 bits per heavy atom. The lowest BCUT2D eigenvalue weighted by Gasteiger charge is -2.39. The van der Waals surface area contributed by atoms with Crippen molar-refractivity contribution < 1.29 is 22.7 Å². The number of ether oxygens (including phenoxy) is 1. The quantitative estimate of drug-likeness (QED) is 0.317. The highest BCUT2D eigenvalue weighted by atomic mass is 19.4. The molecule has 1 saturated heterocycles. The minimum absolute atomic E-state index is 0.179. The van der Waals surface area contributed by atoms with Gasteiger partial charge in [0.25, 0.3) is 5.91 Å². The van der Waals surface area contributed by atoms with E-state index in [2.05, 4.69) is 54.9 Å². The number of halogens is 3. The van der Waals surface area contributed by atoms with Gasteiger partial charge in [0, 0.05) is 57.4 Å². The van der Waals surface area contributed by atoms with E-state index in [0.717, 1.165) is 55.9 Å². The average molecular weight is 530 g/mol. The Morgan fingerprint density at radius 1 is 0.947 bits per heavy atom. The van der Waals surface area contributed by atoms with Crippen LogP contribution in [0.3, 0.4) is 0 Å². The number of carbonyl (C=O) groups excluding carboxylic acids is 1. The number of hydrogen-bond donors (Lipinski definition) is 0. The highest BCUT2D eigenvalue weighted by Crippen LogP contribution is 2.32. The lowest BCUT2D eigenvalue weighted by atomic mass is 9.96. The van der Waals surface area contributed by atoms with Crippen LogP contribution >= 0.6 is 0 Å². The monoisotopic (exact) mass is 529 g/mol. The highest BCUT2D eigenvalue weighted by Gasteiger charge is 2.31. The highest BCUT2D eigenvalue weighted by molar-refractivity contribution is 5.94. The first-order chi connectivity index (χ1) is 18.1. The van der Waals surface area contributed by atoms with Crippen LogP contribution < -0.4 is 4.74 Å². The van der Waals surface area contributed by atoms with E-state index in [9.17, 15) is 18.0 Å². The second kappa shape index (κ2) is 12.3. The number of piperazine rings is 1. The molecule has 0 aliphatic carbocycles. The number of nitrogens with zero attached hydrogens (tertiary/aromatic N) is 3. The van der Waals surface area contributed by atoms with Crippen LogP contribution in [0.4, 0.5) is 13.2 Å². The van der Waals surface area contributed by atoms with Gasteiger partial charge in [-0.15, -0.1) is 0 Å². The molecule has 0 bridgehead atoms. The number of amides is 1. The van der Waals surface area contributed by atoms with Crippen LogP contribution in [0, 0.1) is 13.8 Å². The summed E-state index contributed by atoms with van der Waals surface area (Å²) in [7, 11) is 0. The Bertz CT molecular complexity index is 1120. The van der Waals surface area contributed by atoms with E-state index in [1.54, 1.807) is 4.90 Å². The maximum atomic E-state index is 12.8. The standard InChI is InChI=1S/C30H38F3N3O2/c1-22-23(2)28(38-21-7-16-34-14-5-4-6-15-34)13-12-27(22)24(3)35-17-19-36(20-18-35)29(37)25-8-10-26(11-9-25)30(31,32)33/h4-5,8-13,24H,6-7,14-21H2,1-3H3. The summed E-state index contributed by atoms with van der Waals surface area (Å²) in [6.07, 6.45) is 2.19. The molecule has 2 aliphatic heterocycles. The van der Waals surface area contributed by atoms with Gasteiger partial charge in [-0.05, 0) is 80.6 Å². The van der Waals surface area contributed by atoms with Crippen LogP contribution in [0.5, 0.6) is 5.75 Å². The van der Waals surface area contributed by atoms with E-state index in [1.165, 1.54) is 23.3 Å². The van der Waals surface area contributed by atoms with Crippen molar-refractivity contribution in [3.63, 3.8) is 0 Å². The molecule has 1 fully saturated rings. The summed E-state index contributed by atoms with van der Waals surface area (Å²) in [4.78, 5) is 19.4. The molecule has 1 atom stereocenters. The summed E-state index contributed by atoms with van der Waals surface area (Å²) >= 11 is 0. The van der Waals surface area contributed by atoms with E-state index in [4.69, 9.17) is 4.74 Å². The van der Waals surface area contributed by atoms with Crippen LogP contribution in [0.15, 0.2) is 48.6 Å². The van der Waals surface area contributed by atoms with Crippen molar-refractivity contribution in [2.45, 2.75) is 45.8 Å². The largest absolute Gasteiger partial charge is 0.493 e. The average Bonchev–Trinajstić information content (AvgIpc) is 2.93. The maximum absolute atomic E-state index is 12.8. The Kier molecular flexibility index (Phi) is 9.15. The van der Waals surface area contributed by atoms with E-state index in [1.807, 2.05) is 0 Å². The first-order valence-corrected chi connectivity index (χ1v) is 13.5. The zero-order chi connectivity index (χ0) is 27.3. The predicted molar refractivity (Wildman–Crippen MR) is 144 cm³/mol. The third-order valence-corrected chi connectivity index (χ3v) is 7.86. The summed E-state index contributed by atoms with van der Waals surface area (Å²) < 4.78 is 44.6. The summed E-state index contributed by atoms with van der Waals surface area (Å²) in [5.41, 5.74) is 3.17. The lowest BCUT2D eigenvalue weighted by molar-refractivity contribution is -0.137. The number of rotatable bonds is 8. The van der Waals surface area contributed by atoms with Gasteiger partial charge < -0.3 is 9.64 Å². The summed E-state index contributed by atoms with van der Waals surface area (Å²) in [5, 5.41) is 0. The zero-order valence-electron chi connectivity index (χ0n) is 22.6. The van der Waals surface area contributed by atoms with E-state index < -0.39 is 11.7 Å². The minimum atomic E-state index is -4.41. The fourth-order valence-corrected chi connectivity index (χ4v) is 5.28. The molecular weight excluding hydrogens is 491 g/mol. The molecule has 38 heavy (non-hydrogen) atoms. The van der Waals surface area contributed by atoms with Gasteiger partial charge in [-0.25, -0.2) is 0 Å². The van der Waals surface area contributed by atoms with Gasteiger partial charge in [-0.2, -0.15) is 13.2 Å². The minimum Gasteiger partial charge on any atom is -0.493 e. The number of carbonyl (C=O) groups is 1. The fraction of sp³-hybridized carbons (Fsp3) is 0.500. The molecule has 2 aliphatic rings. The van der Waals surface area contributed by atoms with Crippen molar-refractivity contribution >= 4 is 5.91 Å². The lowest BCUT2D eigenvalue weighted by Crippen LogP contribution is -2.49. The van der Waals surface area contributed by atoms with Gasteiger partial charge in [0.05, 0.1) is 12.2 Å². The summed E-state index contributed by atoms with van der Waals surface area (Å²) in [6.45, 7) is 12.8. The molecule has 0 saturated carbocycles. The normalized spacial score (nSPS) is 18.0. The molecular formula is C30H38F3N3O2. The van der Waals surface area contributed by atoms with Gasteiger partial charge >= 0.3 is 6.18 Å². The van der Waals surface area contributed by atoms with Crippen molar-refractivity contribution in [2.75, 3.05) is 52.4 Å². The van der Waals surface area contributed by atoms with Gasteiger partial charge in [-0.1, -0.05) is 18.2 Å². The molecule has 8 heteroatoms. The number of benzene rings is 2. The molecule has 0 radical (unpaired) electrons. The van der Waals surface area contributed by atoms with Crippen LogP contribution in [0.1, 0.15) is 58.4 Å².